The van der Waals surface area contributed by atoms with E-state index in [0.29, 0.717) is 32.1 Å². The van der Waals surface area contributed by atoms with Crippen molar-refractivity contribution in [2.75, 3.05) is 69.0 Å². The lowest BCUT2D eigenvalue weighted by Gasteiger charge is -2.36. The number of carbonyl (C=O) groups excluding carboxylic acids is 11. The van der Waals surface area contributed by atoms with Gasteiger partial charge in [0, 0.05) is 67.2 Å². The number of hydrogen-bond donors (Lipinski definition) is 4. The lowest BCUT2D eigenvalue weighted by molar-refractivity contribution is -0.184. The van der Waals surface area contributed by atoms with Crippen LogP contribution in [0, 0.1) is 41.4 Å². The monoisotopic (exact) mass is 1340 g/mol. The number of nitrogens with one attached hydrogen (secondary N) is 4. The molecule has 3 saturated carbocycles. The molecule has 0 bridgehead atoms. The second-order valence-electron chi connectivity index (χ2n) is 28.6. The smallest absolute Gasteiger partial charge is 0.343 e. The number of hydrogen-bond acceptors (Lipinski definition) is 11. The predicted molar refractivity (Wildman–Crippen MR) is 349 cm³/mol. The minimum Gasteiger partial charge on any atom is -0.343 e. The number of likely N-dealkylation sites (N-methyl/N-ethyl adjacent to an activating group) is 7. The highest BCUT2D eigenvalue weighted by Crippen LogP contribution is 2.41. The summed E-state index contributed by atoms with van der Waals surface area (Å²) >= 11 is 6.49. The molecule has 0 spiro atoms. The SMILES string of the molecule is CC[C@H](C)[C@@H]1NC(=O)[C@H](C)N(C)C(=O)C[C@@H](C)N(C)C(=O)[C@H](CC(C)C)NC(=O)[C@H](CC2CCCCC2)N(C)C(=O)[C@H](CC(C)C)NC(=O)[C@H](CCC2CCC(C(F)(F)F)CC2)NC(=O)CN(C)C(=O)[C@H](CC2CCC(Cl)CC2)N(C)C(=O)CN(C)C(=O)CN(C)C1=O. The second kappa shape index (κ2) is 36.9. The fraction of sp³-hybridized carbons (Fsp3) is 0.836. The minimum absolute atomic E-state index is 0.0294. The van der Waals surface area contributed by atoms with Crippen LogP contribution < -0.4 is 21.3 Å². The topological polar surface area (TPSA) is 259 Å². The van der Waals surface area contributed by atoms with E-state index in [1.807, 2.05) is 34.6 Å². The fourth-order valence-electron chi connectivity index (χ4n) is 13.4. The van der Waals surface area contributed by atoms with E-state index in [-0.39, 0.29) is 106 Å². The van der Waals surface area contributed by atoms with Crippen LogP contribution in [0.5, 0.6) is 0 Å². The summed E-state index contributed by atoms with van der Waals surface area (Å²) in [6.07, 6.45) is 4.22. The third-order valence-electron chi connectivity index (χ3n) is 20.3. The number of rotatable bonds is 13. The van der Waals surface area contributed by atoms with Gasteiger partial charge in [0.2, 0.25) is 65.0 Å². The maximum atomic E-state index is 15.2. The van der Waals surface area contributed by atoms with Gasteiger partial charge in [-0.1, -0.05) is 80.1 Å². The van der Waals surface area contributed by atoms with E-state index in [1.54, 1.807) is 13.8 Å². The van der Waals surface area contributed by atoms with Gasteiger partial charge in [0.15, 0.2) is 0 Å². The number of halogens is 4. The molecule has 4 fully saturated rings. The molecule has 9 atom stereocenters. The Morgan fingerprint density at radius 2 is 0.989 bits per heavy atom. The molecule has 3 aliphatic carbocycles. The Kier molecular flexibility index (Phi) is 31.7. The molecule has 0 aromatic carbocycles. The normalized spacial score (nSPS) is 30.0. The van der Waals surface area contributed by atoms with Crippen LogP contribution in [-0.4, -0.2) is 228 Å². The third kappa shape index (κ3) is 24.1. The van der Waals surface area contributed by atoms with Crippen molar-refractivity contribution in [3.63, 3.8) is 0 Å². The summed E-state index contributed by atoms with van der Waals surface area (Å²) in [5, 5.41) is 11.4. The average Bonchev–Trinajstić information content (AvgIpc) is 3.18. The predicted octanol–water partition coefficient (Wildman–Crippen LogP) is 6.50. The van der Waals surface area contributed by atoms with Crippen molar-refractivity contribution in [3.05, 3.63) is 0 Å². The van der Waals surface area contributed by atoms with Crippen LogP contribution in [0.2, 0.25) is 0 Å². The lowest BCUT2D eigenvalue weighted by atomic mass is 9.79. The molecule has 26 heteroatoms. The summed E-state index contributed by atoms with van der Waals surface area (Å²) in [6, 6.07) is -8.94. The van der Waals surface area contributed by atoms with E-state index < -0.39 is 151 Å². The van der Waals surface area contributed by atoms with Crippen LogP contribution in [0.1, 0.15) is 190 Å². The van der Waals surface area contributed by atoms with Crippen molar-refractivity contribution >= 4 is 76.6 Å². The Balaban J connectivity index is 1.81. The van der Waals surface area contributed by atoms with Crippen molar-refractivity contribution in [1.29, 1.82) is 0 Å². The Labute approximate surface area is 556 Å². The van der Waals surface area contributed by atoms with Crippen molar-refractivity contribution in [2.45, 2.75) is 250 Å². The first kappa shape index (κ1) is 79.7. The van der Waals surface area contributed by atoms with Gasteiger partial charge in [0.05, 0.1) is 25.6 Å². The molecule has 4 rings (SSSR count). The van der Waals surface area contributed by atoms with E-state index in [2.05, 4.69) is 21.3 Å². The van der Waals surface area contributed by atoms with Crippen molar-refractivity contribution < 1.29 is 65.9 Å². The van der Waals surface area contributed by atoms with Gasteiger partial charge in [-0.15, -0.1) is 11.6 Å². The molecule has 93 heavy (non-hydrogen) atoms. The third-order valence-corrected chi connectivity index (χ3v) is 20.7. The average molecular weight is 1340 g/mol. The van der Waals surface area contributed by atoms with Gasteiger partial charge in [-0.2, -0.15) is 13.2 Å². The van der Waals surface area contributed by atoms with E-state index in [0.717, 1.165) is 46.8 Å². The molecule has 1 saturated heterocycles. The van der Waals surface area contributed by atoms with Crippen molar-refractivity contribution in [1.82, 2.24) is 55.6 Å². The Morgan fingerprint density at radius 3 is 1.54 bits per heavy atom. The maximum Gasteiger partial charge on any atom is 0.391 e. The van der Waals surface area contributed by atoms with Crippen LogP contribution >= 0.6 is 11.6 Å². The molecular weight excluding hydrogens is 1230 g/mol. The van der Waals surface area contributed by atoms with E-state index in [1.165, 1.54) is 75.9 Å². The first-order valence-corrected chi connectivity index (χ1v) is 34.6. The highest BCUT2D eigenvalue weighted by molar-refractivity contribution is 6.20. The van der Waals surface area contributed by atoms with Crippen LogP contribution in [0.3, 0.4) is 0 Å². The maximum absolute atomic E-state index is 15.2. The van der Waals surface area contributed by atoms with Gasteiger partial charge < -0.3 is 55.6 Å². The Bertz CT molecular complexity index is 2540. The van der Waals surface area contributed by atoms with E-state index in [4.69, 9.17) is 11.6 Å². The molecule has 4 aliphatic rings. The van der Waals surface area contributed by atoms with Crippen LogP contribution in [0.4, 0.5) is 13.2 Å². The highest BCUT2D eigenvalue weighted by Gasteiger charge is 2.44. The largest absolute Gasteiger partial charge is 0.391 e. The van der Waals surface area contributed by atoms with E-state index >= 15 is 9.59 Å². The zero-order valence-corrected chi connectivity index (χ0v) is 59.1. The molecule has 0 aromatic rings. The van der Waals surface area contributed by atoms with Crippen molar-refractivity contribution in [2.24, 2.45) is 41.4 Å². The minimum atomic E-state index is -4.35. The summed E-state index contributed by atoms with van der Waals surface area (Å²) in [4.78, 5) is 168. The number of amides is 11. The Morgan fingerprint density at radius 1 is 0.484 bits per heavy atom. The van der Waals surface area contributed by atoms with Gasteiger partial charge in [-0.25, -0.2) is 0 Å². The molecule has 0 unspecified atom stereocenters. The fourth-order valence-corrected chi connectivity index (χ4v) is 13.7. The van der Waals surface area contributed by atoms with Gasteiger partial charge in [-0.3, -0.25) is 52.7 Å². The molecule has 1 heterocycles. The van der Waals surface area contributed by atoms with Gasteiger partial charge in [-0.05, 0) is 139 Å². The summed E-state index contributed by atoms with van der Waals surface area (Å²) in [5.74, 6) is -9.29. The summed E-state index contributed by atoms with van der Waals surface area (Å²) < 4.78 is 41.4. The van der Waals surface area contributed by atoms with Gasteiger partial charge in [0.25, 0.3) is 0 Å². The van der Waals surface area contributed by atoms with Crippen LogP contribution in [0.15, 0.2) is 0 Å². The summed E-state index contributed by atoms with van der Waals surface area (Å²) in [7, 11) is 10.0. The summed E-state index contributed by atoms with van der Waals surface area (Å²) in [6.45, 7) is 12.7. The van der Waals surface area contributed by atoms with Gasteiger partial charge in [0.1, 0.15) is 42.3 Å². The van der Waals surface area contributed by atoms with Crippen LogP contribution in [-0.2, 0) is 52.7 Å². The molecule has 1 aliphatic heterocycles. The first-order valence-electron chi connectivity index (χ1n) is 34.1. The standard InChI is InChI=1S/C67H113ClF3N11O11/c1-16-42(6)59-66(93)78(11)38-57(85)76(9)39-58(86)81(14)54(36-47-24-29-49(68)30-25-47)65(92)77(10)37-55(83)72-50(31-26-45-22-27-48(28-23-45)67(69,70)71)61(88)73-52(33-41(4)5)64(91)82(15)53(35-46-20-18-17-19-21-46)62(89)74-51(32-40(2)3)63(90)79(12)43(7)34-56(84)80(13)44(8)60(87)75-59/h40-54,59H,16-39H2,1-15H3,(H,72,83)(H,73,88)(H,74,89)(H,75,87)/t42-,43+,44-,45?,47?,48?,49?,50-,51-,52-,53-,54-,59-/m0/s1. The quantitative estimate of drug-likeness (QED) is 0.145. The van der Waals surface area contributed by atoms with Crippen LogP contribution in [0.25, 0.3) is 0 Å². The molecule has 11 amide bonds. The molecular formula is C67H113ClF3N11O11. The molecule has 22 nitrogen and oxygen atoms in total. The zero-order chi connectivity index (χ0) is 69.9. The van der Waals surface area contributed by atoms with Crippen molar-refractivity contribution in [3.8, 4) is 0 Å². The molecule has 530 valence electrons. The Hall–Kier alpha value is -5.75. The number of carbonyl (C=O) groups is 11. The number of nitrogens with zero attached hydrogens (tertiary/aromatic N) is 7. The molecule has 4 N–H and O–H groups in total. The molecule has 0 radical (unpaired) electrons. The van der Waals surface area contributed by atoms with Gasteiger partial charge >= 0.3 is 6.18 Å². The lowest BCUT2D eigenvalue weighted by Crippen LogP contribution is -2.60. The first-order chi connectivity index (χ1) is 43.4. The van der Waals surface area contributed by atoms with E-state index in [9.17, 15) is 56.3 Å². The second-order valence-corrected chi connectivity index (χ2v) is 29.2. The summed E-state index contributed by atoms with van der Waals surface area (Å²) in [5.41, 5.74) is 0. The zero-order valence-electron chi connectivity index (χ0n) is 58.3. The number of alkyl halides is 4. The molecule has 0 aromatic heterocycles. The highest BCUT2D eigenvalue weighted by atomic mass is 35.5.